The molecule has 0 unspecified atom stereocenters. The molecule has 0 aliphatic carbocycles. The molecule has 0 heterocycles. The number of anilines is 3. The van der Waals surface area contributed by atoms with E-state index in [2.05, 4.69) is 5.32 Å². The van der Waals surface area contributed by atoms with Crippen molar-refractivity contribution in [2.45, 2.75) is 6.92 Å². The van der Waals surface area contributed by atoms with Gasteiger partial charge in [0.1, 0.15) is 17.3 Å². The molecule has 0 bridgehead atoms. The number of hydrogen-bond donors (Lipinski definition) is 2. The summed E-state index contributed by atoms with van der Waals surface area (Å²) in [4.78, 5) is 0. The van der Waals surface area contributed by atoms with Crippen molar-refractivity contribution in [3.63, 3.8) is 0 Å². The van der Waals surface area contributed by atoms with Gasteiger partial charge >= 0.3 is 0 Å². The third kappa shape index (κ3) is 3.12. The quantitative estimate of drug-likeness (QED) is 0.820. The lowest BCUT2D eigenvalue weighted by Gasteiger charge is -2.12. The van der Waals surface area contributed by atoms with Crippen molar-refractivity contribution in [3.05, 3.63) is 42.2 Å². The van der Waals surface area contributed by atoms with Gasteiger partial charge in [0, 0.05) is 17.8 Å². The molecule has 5 heteroatoms. The van der Waals surface area contributed by atoms with Crippen LogP contribution in [0.5, 0.6) is 11.5 Å². The van der Waals surface area contributed by atoms with E-state index in [1.807, 2.05) is 31.2 Å². The van der Waals surface area contributed by atoms with Crippen LogP contribution in [0.3, 0.4) is 0 Å². The first-order valence-corrected chi connectivity index (χ1v) is 6.27. The Bertz CT molecular complexity index is 585. The maximum Gasteiger partial charge on any atom is 0.148 e. The number of rotatable bonds is 5. The average Bonchev–Trinajstić information content (AvgIpc) is 2.44. The van der Waals surface area contributed by atoms with Gasteiger partial charge in [-0.05, 0) is 31.2 Å². The lowest BCUT2D eigenvalue weighted by atomic mass is 10.2. The molecule has 4 nitrogen and oxygen atoms in total. The molecule has 0 saturated heterocycles. The molecule has 0 fully saturated rings. The second kappa shape index (κ2) is 6.14. The molecule has 2 aromatic carbocycles. The molecule has 2 aromatic rings. The van der Waals surface area contributed by atoms with Crippen molar-refractivity contribution >= 4 is 17.1 Å². The van der Waals surface area contributed by atoms with Crippen LogP contribution in [-0.2, 0) is 0 Å². The van der Waals surface area contributed by atoms with Gasteiger partial charge < -0.3 is 20.5 Å². The van der Waals surface area contributed by atoms with Gasteiger partial charge in [-0.1, -0.05) is 0 Å². The van der Waals surface area contributed by atoms with E-state index in [1.54, 1.807) is 0 Å². The Morgan fingerprint density at radius 1 is 1.20 bits per heavy atom. The smallest absolute Gasteiger partial charge is 0.148 e. The normalized spacial score (nSPS) is 10.2. The summed E-state index contributed by atoms with van der Waals surface area (Å²) in [6, 6.07) is 10.0. The first-order valence-electron chi connectivity index (χ1n) is 6.27. The SMILES string of the molecule is CCOc1ccc(Nc2cc(OC)c(N)cc2F)cc1. The van der Waals surface area contributed by atoms with Crippen molar-refractivity contribution in [2.24, 2.45) is 0 Å². The summed E-state index contributed by atoms with van der Waals surface area (Å²) in [6.07, 6.45) is 0. The molecule has 3 N–H and O–H groups in total. The largest absolute Gasteiger partial charge is 0.495 e. The van der Waals surface area contributed by atoms with Crippen LogP contribution in [0.4, 0.5) is 21.5 Å². The molecule has 0 aliphatic heterocycles. The first-order chi connectivity index (χ1) is 9.63. The fourth-order valence-electron chi connectivity index (χ4n) is 1.80. The molecule has 20 heavy (non-hydrogen) atoms. The minimum atomic E-state index is -0.433. The zero-order chi connectivity index (χ0) is 14.5. The summed E-state index contributed by atoms with van der Waals surface area (Å²) in [6.45, 7) is 2.53. The summed E-state index contributed by atoms with van der Waals surface area (Å²) >= 11 is 0. The topological polar surface area (TPSA) is 56.5 Å². The molecule has 0 aliphatic rings. The first kappa shape index (κ1) is 14.0. The van der Waals surface area contributed by atoms with Gasteiger partial charge in [0.2, 0.25) is 0 Å². The number of nitrogen functional groups attached to an aromatic ring is 1. The zero-order valence-electron chi connectivity index (χ0n) is 11.4. The van der Waals surface area contributed by atoms with Gasteiger partial charge in [-0.15, -0.1) is 0 Å². The van der Waals surface area contributed by atoms with Crippen LogP contribution < -0.4 is 20.5 Å². The highest BCUT2D eigenvalue weighted by Gasteiger charge is 2.08. The number of nitrogens with one attached hydrogen (secondary N) is 1. The fourth-order valence-corrected chi connectivity index (χ4v) is 1.80. The monoisotopic (exact) mass is 276 g/mol. The average molecular weight is 276 g/mol. The minimum absolute atomic E-state index is 0.266. The lowest BCUT2D eigenvalue weighted by molar-refractivity contribution is 0.340. The second-order valence-corrected chi connectivity index (χ2v) is 4.16. The summed E-state index contributed by atoms with van der Waals surface area (Å²) in [5.74, 6) is 0.769. The van der Waals surface area contributed by atoms with Gasteiger partial charge in [0.25, 0.3) is 0 Å². The van der Waals surface area contributed by atoms with Crippen LogP contribution in [0, 0.1) is 5.82 Å². The van der Waals surface area contributed by atoms with Crippen LogP contribution in [0.1, 0.15) is 6.92 Å². The predicted molar refractivity (Wildman–Crippen MR) is 78.3 cm³/mol. The highest BCUT2D eigenvalue weighted by Crippen LogP contribution is 2.30. The molecule has 106 valence electrons. The zero-order valence-corrected chi connectivity index (χ0v) is 11.4. The summed E-state index contributed by atoms with van der Waals surface area (Å²) in [7, 11) is 1.49. The predicted octanol–water partition coefficient (Wildman–Crippen LogP) is 3.56. The van der Waals surface area contributed by atoms with Crippen LogP contribution in [0.15, 0.2) is 36.4 Å². The Morgan fingerprint density at radius 3 is 2.50 bits per heavy atom. The fraction of sp³-hybridized carbons (Fsp3) is 0.200. The molecule has 0 saturated carbocycles. The summed E-state index contributed by atoms with van der Waals surface area (Å²) in [5, 5.41) is 2.98. The molecule has 0 radical (unpaired) electrons. The maximum absolute atomic E-state index is 13.8. The molecule has 0 aromatic heterocycles. The molecule has 0 spiro atoms. The molecule has 0 atom stereocenters. The van der Waals surface area contributed by atoms with Crippen LogP contribution in [0.25, 0.3) is 0 Å². The third-order valence-electron chi connectivity index (χ3n) is 2.76. The van der Waals surface area contributed by atoms with Crippen LogP contribution in [-0.4, -0.2) is 13.7 Å². The van der Waals surface area contributed by atoms with Crippen molar-refractivity contribution in [1.82, 2.24) is 0 Å². The minimum Gasteiger partial charge on any atom is -0.495 e. The van der Waals surface area contributed by atoms with Gasteiger partial charge in [0.05, 0.1) is 25.1 Å². The summed E-state index contributed by atoms with van der Waals surface area (Å²) < 4.78 is 24.3. The number of halogens is 1. The lowest BCUT2D eigenvalue weighted by Crippen LogP contribution is -1.99. The Hall–Kier alpha value is -2.43. The van der Waals surface area contributed by atoms with E-state index in [0.717, 1.165) is 11.4 Å². The van der Waals surface area contributed by atoms with Crippen molar-refractivity contribution < 1.29 is 13.9 Å². The van der Waals surface area contributed by atoms with Gasteiger partial charge in [-0.3, -0.25) is 0 Å². The number of hydrogen-bond acceptors (Lipinski definition) is 4. The highest BCUT2D eigenvalue weighted by molar-refractivity contribution is 5.67. The van der Waals surface area contributed by atoms with Crippen molar-refractivity contribution in [2.75, 3.05) is 24.8 Å². The molecule has 2 rings (SSSR count). The molecule has 0 amide bonds. The van der Waals surface area contributed by atoms with E-state index in [4.69, 9.17) is 15.2 Å². The molecular weight excluding hydrogens is 259 g/mol. The van der Waals surface area contributed by atoms with Crippen molar-refractivity contribution in [3.8, 4) is 11.5 Å². The van der Waals surface area contributed by atoms with Crippen molar-refractivity contribution in [1.29, 1.82) is 0 Å². The van der Waals surface area contributed by atoms with E-state index < -0.39 is 5.82 Å². The molecular formula is C15H17FN2O2. The number of ether oxygens (including phenoxy) is 2. The number of nitrogens with two attached hydrogens (primary N) is 1. The van der Waals surface area contributed by atoms with Gasteiger partial charge in [-0.2, -0.15) is 0 Å². The van der Waals surface area contributed by atoms with Crippen LogP contribution >= 0.6 is 0 Å². The van der Waals surface area contributed by atoms with E-state index in [0.29, 0.717) is 18.0 Å². The number of methoxy groups -OCH3 is 1. The van der Waals surface area contributed by atoms with Gasteiger partial charge in [-0.25, -0.2) is 4.39 Å². The summed E-state index contributed by atoms with van der Waals surface area (Å²) in [5.41, 5.74) is 6.96. The maximum atomic E-state index is 13.8. The van der Waals surface area contributed by atoms with E-state index in [1.165, 1.54) is 19.2 Å². The second-order valence-electron chi connectivity index (χ2n) is 4.16. The van der Waals surface area contributed by atoms with E-state index >= 15 is 0 Å². The van der Waals surface area contributed by atoms with Crippen LogP contribution in [0.2, 0.25) is 0 Å². The third-order valence-corrected chi connectivity index (χ3v) is 2.76. The Labute approximate surface area is 117 Å². The van der Waals surface area contributed by atoms with E-state index in [9.17, 15) is 4.39 Å². The Balaban J connectivity index is 2.21. The Morgan fingerprint density at radius 2 is 1.90 bits per heavy atom. The van der Waals surface area contributed by atoms with E-state index in [-0.39, 0.29) is 5.69 Å². The highest BCUT2D eigenvalue weighted by atomic mass is 19.1. The standard InChI is InChI=1S/C15H17FN2O2/c1-3-20-11-6-4-10(5-7-11)18-14-9-15(19-2)13(17)8-12(14)16/h4-9,18H,3,17H2,1-2H3. The number of benzene rings is 2. The Kier molecular flexibility index (Phi) is 4.30. The van der Waals surface area contributed by atoms with Gasteiger partial charge in [0.15, 0.2) is 0 Å².